The zero-order chi connectivity index (χ0) is 8.27. The topological polar surface area (TPSA) is 29.3 Å². The normalized spacial score (nSPS) is 28.9. The van der Waals surface area contributed by atoms with E-state index in [0.29, 0.717) is 12.1 Å². The molecule has 0 spiro atoms. The Morgan fingerprint density at radius 1 is 1.36 bits per heavy atom. The summed E-state index contributed by atoms with van der Waals surface area (Å²) in [5.74, 6) is 0. The van der Waals surface area contributed by atoms with Gasteiger partial charge in [-0.2, -0.15) is 0 Å². The average Bonchev–Trinajstić information content (AvgIpc) is 2.13. The van der Waals surface area contributed by atoms with Crippen LogP contribution >= 0.6 is 0 Å². The van der Waals surface area contributed by atoms with Gasteiger partial charge in [0.15, 0.2) is 0 Å². The Morgan fingerprint density at radius 3 is 2.73 bits per heavy atom. The third-order valence-electron chi connectivity index (χ3n) is 2.47. The van der Waals surface area contributed by atoms with E-state index in [0.717, 1.165) is 6.54 Å². The molecule has 1 aliphatic rings. The van der Waals surface area contributed by atoms with E-state index in [-0.39, 0.29) is 0 Å². The van der Waals surface area contributed by atoms with Crippen molar-refractivity contribution in [1.82, 2.24) is 4.90 Å². The van der Waals surface area contributed by atoms with Crippen molar-refractivity contribution in [3.8, 4) is 0 Å². The van der Waals surface area contributed by atoms with Crippen LogP contribution in [0, 0.1) is 0 Å². The highest BCUT2D eigenvalue weighted by molar-refractivity contribution is 4.74. The summed E-state index contributed by atoms with van der Waals surface area (Å²) in [7, 11) is 0. The van der Waals surface area contributed by atoms with Crippen LogP contribution in [0.15, 0.2) is 0 Å². The monoisotopic (exact) mass is 156 g/mol. The summed E-state index contributed by atoms with van der Waals surface area (Å²) in [6.07, 6.45) is 3.85. The van der Waals surface area contributed by atoms with Gasteiger partial charge in [-0.3, -0.25) is 4.90 Å². The van der Waals surface area contributed by atoms with E-state index >= 15 is 0 Å². The van der Waals surface area contributed by atoms with Gasteiger partial charge in [0.05, 0.1) is 0 Å². The summed E-state index contributed by atoms with van der Waals surface area (Å²) < 4.78 is 0. The molecular weight excluding hydrogens is 136 g/mol. The number of hydrogen-bond acceptors (Lipinski definition) is 2. The molecule has 0 amide bonds. The van der Waals surface area contributed by atoms with Crippen molar-refractivity contribution in [2.45, 2.75) is 45.2 Å². The molecule has 1 saturated heterocycles. The third kappa shape index (κ3) is 2.80. The smallest absolute Gasteiger partial charge is 0.0167 e. The van der Waals surface area contributed by atoms with Crippen LogP contribution in [0.4, 0.5) is 0 Å². The molecule has 2 heteroatoms. The fourth-order valence-electron chi connectivity index (χ4n) is 1.67. The first-order chi connectivity index (χ1) is 5.20. The Labute approximate surface area is 69.8 Å². The Balaban J connectivity index is 2.39. The Kier molecular flexibility index (Phi) is 3.34. The number of nitrogens with two attached hydrogens (primary N) is 1. The average molecular weight is 156 g/mol. The maximum Gasteiger partial charge on any atom is 0.0167 e. The van der Waals surface area contributed by atoms with E-state index in [4.69, 9.17) is 5.73 Å². The van der Waals surface area contributed by atoms with Crippen LogP contribution in [0.2, 0.25) is 0 Å². The van der Waals surface area contributed by atoms with Gasteiger partial charge in [0.1, 0.15) is 0 Å². The molecule has 1 atom stereocenters. The highest BCUT2D eigenvalue weighted by atomic mass is 15.2. The van der Waals surface area contributed by atoms with Crippen LogP contribution in [-0.2, 0) is 0 Å². The molecule has 1 rings (SSSR count). The molecule has 0 radical (unpaired) electrons. The van der Waals surface area contributed by atoms with Crippen LogP contribution in [-0.4, -0.2) is 30.1 Å². The summed E-state index contributed by atoms with van der Waals surface area (Å²) in [6, 6.07) is 1.08. The molecule has 66 valence electrons. The van der Waals surface area contributed by atoms with E-state index in [9.17, 15) is 0 Å². The van der Waals surface area contributed by atoms with Crippen LogP contribution in [0.5, 0.6) is 0 Å². The Hall–Kier alpha value is -0.0800. The van der Waals surface area contributed by atoms with Gasteiger partial charge in [-0.1, -0.05) is 6.42 Å². The van der Waals surface area contributed by atoms with Gasteiger partial charge in [-0.25, -0.2) is 0 Å². The first-order valence-corrected chi connectivity index (χ1v) is 4.70. The summed E-state index contributed by atoms with van der Waals surface area (Å²) in [5, 5.41) is 0. The van der Waals surface area contributed by atoms with Gasteiger partial charge in [-0.05, 0) is 33.2 Å². The highest BCUT2D eigenvalue weighted by Crippen LogP contribution is 2.11. The number of nitrogens with zero attached hydrogens (tertiary/aromatic N) is 1. The van der Waals surface area contributed by atoms with Crippen molar-refractivity contribution in [2.24, 2.45) is 5.73 Å². The number of likely N-dealkylation sites (tertiary alicyclic amines) is 1. The van der Waals surface area contributed by atoms with Gasteiger partial charge in [-0.15, -0.1) is 0 Å². The van der Waals surface area contributed by atoms with E-state index in [1.54, 1.807) is 0 Å². The Bertz CT molecular complexity index is 112. The molecule has 0 saturated carbocycles. The van der Waals surface area contributed by atoms with Gasteiger partial charge >= 0.3 is 0 Å². The predicted octanol–water partition coefficient (Wildman–Crippen LogP) is 1.21. The van der Waals surface area contributed by atoms with Crippen molar-refractivity contribution in [3.05, 3.63) is 0 Å². The molecule has 0 aromatic carbocycles. The molecule has 2 N–H and O–H groups in total. The second-order valence-corrected chi connectivity index (χ2v) is 3.84. The SMILES string of the molecule is CC(C)N1CCCCC(N)C1. The fourth-order valence-corrected chi connectivity index (χ4v) is 1.67. The van der Waals surface area contributed by atoms with E-state index < -0.39 is 0 Å². The van der Waals surface area contributed by atoms with Crippen LogP contribution < -0.4 is 5.73 Å². The molecule has 0 aliphatic carbocycles. The van der Waals surface area contributed by atoms with Gasteiger partial charge in [0, 0.05) is 18.6 Å². The minimum absolute atomic E-state index is 0.417. The maximum atomic E-state index is 5.92. The zero-order valence-electron chi connectivity index (χ0n) is 7.71. The Morgan fingerprint density at radius 2 is 2.09 bits per heavy atom. The molecule has 0 bridgehead atoms. The lowest BCUT2D eigenvalue weighted by Gasteiger charge is -2.26. The summed E-state index contributed by atoms with van der Waals surface area (Å²) in [5.41, 5.74) is 5.92. The van der Waals surface area contributed by atoms with Crippen LogP contribution in [0.25, 0.3) is 0 Å². The lowest BCUT2D eigenvalue weighted by Crippen LogP contribution is -2.39. The van der Waals surface area contributed by atoms with Gasteiger partial charge in [0.25, 0.3) is 0 Å². The molecule has 0 aromatic heterocycles. The van der Waals surface area contributed by atoms with Crippen LogP contribution in [0.3, 0.4) is 0 Å². The van der Waals surface area contributed by atoms with Crippen molar-refractivity contribution in [2.75, 3.05) is 13.1 Å². The standard InChI is InChI=1S/C9H20N2/c1-8(2)11-6-4-3-5-9(10)7-11/h8-9H,3-7,10H2,1-2H3. The molecule has 1 fully saturated rings. The minimum atomic E-state index is 0.417. The lowest BCUT2D eigenvalue weighted by molar-refractivity contribution is 0.221. The first kappa shape index (κ1) is 9.01. The van der Waals surface area contributed by atoms with E-state index in [1.165, 1.54) is 25.8 Å². The summed E-state index contributed by atoms with van der Waals surface area (Å²) in [6.45, 7) is 6.83. The predicted molar refractivity (Wildman–Crippen MR) is 48.5 cm³/mol. The lowest BCUT2D eigenvalue weighted by atomic mass is 10.1. The van der Waals surface area contributed by atoms with Crippen molar-refractivity contribution in [3.63, 3.8) is 0 Å². The summed E-state index contributed by atoms with van der Waals surface area (Å²) in [4.78, 5) is 2.48. The summed E-state index contributed by atoms with van der Waals surface area (Å²) >= 11 is 0. The quantitative estimate of drug-likeness (QED) is 0.618. The first-order valence-electron chi connectivity index (χ1n) is 4.70. The van der Waals surface area contributed by atoms with E-state index in [2.05, 4.69) is 18.7 Å². The molecule has 11 heavy (non-hydrogen) atoms. The van der Waals surface area contributed by atoms with Gasteiger partial charge < -0.3 is 5.73 Å². The highest BCUT2D eigenvalue weighted by Gasteiger charge is 2.16. The zero-order valence-corrected chi connectivity index (χ0v) is 7.71. The van der Waals surface area contributed by atoms with Gasteiger partial charge in [0.2, 0.25) is 0 Å². The van der Waals surface area contributed by atoms with Crippen LogP contribution in [0.1, 0.15) is 33.1 Å². The minimum Gasteiger partial charge on any atom is -0.327 e. The van der Waals surface area contributed by atoms with Crippen molar-refractivity contribution < 1.29 is 0 Å². The second-order valence-electron chi connectivity index (χ2n) is 3.84. The molecule has 1 unspecified atom stereocenters. The largest absolute Gasteiger partial charge is 0.327 e. The number of hydrogen-bond donors (Lipinski definition) is 1. The fraction of sp³-hybridized carbons (Fsp3) is 1.00. The molecular formula is C9H20N2. The third-order valence-corrected chi connectivity index (χ3v) is 2.47. The molecule has 1 heterocycles. The van der Waals surface area contributed by atoms with E-state index in [1.807, 2.05) is 0 Å². The van der Waals surface area contributed by atoms with Crippen molar-refractivity contribution in [1.29, 1.82) is 0 Å². The van der Waals surface area contributed by atoms with Crippen molar-refractivity contribution >= 4 is 0 Å². The maximum absolute atomic E-state index is 5.92. The molecule has 2 nitrogen and oxygen atoms in total. The number of rotatable bonds is 1. The molecule has 1 aliphatic heterocycles. The second kappa shape index (κ2) is 4.07. The molecule has 0 aromatic rings.